The highest BCUT2D eigenvalue weighted by atomic mass is 32.2. The van der Waals surface area contributed by atoms with Crippen LogP contribution < -0.4 is 9.47 Å². The van der Waals surface area contributed by atoms with Gasteiger partial charge in [-0.1, -0.05) is 25.1 Å². The maximum atomic E-state index is 13.0. The molecule has 2 rings (SSSR count). The number of hydrogen-bond acceptors (Lipinski definition) is 8. The molecule has 0 amide bonds. The Kier molecular flexibility index (Phi) is 11.3. The van der Waals surface area contributed by atoms with Crippen molar-refractivity contribution in [2.45, 2.75) is 50.2 Å². The number of aliphatic carboxylic acids is 1. The second kappa shape index (κ2) is 13.5. The van der Waals surface area contributed by atoms with Crippen molar-refractivity contribution in [3.63, 3.8) is 0 Å². The van der Waals surface area contributed by atoms with Crippen molar-refractivity contribution in [2.24, 2.45) is 4.99 Å². The number of thioether (sulfide) groups is 1. The fraction of sp³-hybridized carbons (Fsp3) is 0.636. The first-order valence-electron chi connectivity index (χ1n) is 11.1. The summed E-state index contributed by atoms with van der Waals surface area (Å²) < 4.78 is 97.8. The summed E-state index contributed by atoms with van der Waals surface area (Å²) in [6, 6.07) is 3.60. The van der Waals surface area contributed by atoms with E-state index in [0.717, 1.165) is 17.8 Å². The molecule has 37 heavy (non-hydrogen) atoms. The minimum Gasteiger partial charge on any atom is -0.491 e. The zero-order chi connectivity index (χ0) is 27.7. The van der Waals surface area contributed by atoms with Gasteiger partial charge in [0.1, 0.15) is 23.1 Å². The summed E-state index contributed by atoms with van der Waals surface area (Å²) in [6.45, 7) is 2.53. The molecule has 1 heterocycles. The van der Waals surface area contributed by atoms with Gasteiger partial charge in [0.25, 0.3) is 0 Å². The number of halogens is 6. The van der Waals surface area contributed by atoms with Gasteiger partial charge in [-0.05, 0) is 31.5 Å². The zero-order valence-electron chi connectivity index (χ0n) is 20.0. The van der Waals surface area contributed by atoms with E-state index in [-0.39, 0.29) is 49.4 Å². The average Bonchev–Trinajstić information content (AvgIpc) is 3.12. The highest BCUT2D eigenvalue weighted by Gasteiger charge is 2.47. The van der Waals surface area contributed by atoms with E-state index < -0.39 is 41.8 Å². The third-order valence-corrected chi connectivity index (χ3v) is 6.48. The van der Waals surface area contributed by atoms with Crippen molar-refractivity contribution in [3.8, 4) is 11.5 Å². The van der Waals surface area contributed by atoms with Crippen LogP contribution in [0.2, 0.25) is 0 Å². The number of rotatable bonds is 15. The minimum atomic E-state index is -4.98. The molecule has 0 bridgehead atoms. The Morgan fingerprint density at radius 3 is 2.22 bits per heavy atom. The molecule has 0 spiro atoms. The number of nitrogens with zero attached hydrogens (tertiary/aromatic N) is 1. The molecule has 1 aliphatic rings. The van der Waals surface area contributed by atoms with Crippen molar-refractivity contribution in [1.82, 2.24) is 0 Å². The number of carboxylic acid groups (broad SMARTS) is 1. The Hall–Kier alpha value is -2.23. The van der Waals surface area contributed by atoms with E-state index in [0.29, 0.717) is 12.8 Å². The van der Waals surface area contributed by atoms with Gasteiger partial charge in [0.2, 0.25) is 0 Å². The monoisotopic (exact) mass is 563 g/mol. The fourth-order valence-corrected chi connectivity index (χ4v) is 4.74. The van der Waals surface area contributed by atoms with Crippen molar-refractivity contribution in [1.29, 1.82) is 0 Å². The highest BCUT2D eigenvalue weighted by molar-refractivity contribution is 8.15. The fourth-order valence-electron chi connectivity index (χ4n) is 3.21. The molecule has 15 heteroatoms. The Balaban J connectivity index is 1.98. The van der Waals surface area contributed by atoms with Crippen molar-refractivity contribution in [3.05, 3.63) is 23.8 Å². The Morgan fingerprint density at radius 1 is 1.03 bits per heavy atom. The quantitative estimate of drug-likeness (QED) is 0.234. The molecular weight excluding hydrogens is 536 g/mol. The van der Waals surface area contributed by atoms with Crippen LogP contribution in [-0.4, -0.2) is 79.3 Å². The second-order valence-corrected chi connectivity index (χ2v) is 9.03. The minimum absolute atomic E-state index is 0.00101. The van der Waals surface area contributed by atoms with Crippen LogP contribution in [0.5, 0.6) is 11.5 Å². The molecule has 1 aromatic carbocycles. The van der Waals surface area contributed by atoms with Crippen LogP contribution in [0.25, 0.3) is 0 Å². The second-order valence-electron chi connectivity index (χ2n) is 7.84. The summed E-state index contributed by atoms with van der Waals surface area (Å²) in [5.41, 5.74) is -1.57. The molecule has 2 unspecified atom stereocenters. The number of ether oxygens (including phenoxy) is 5. The molecular formula is C22H27F6NO7S. The SMILES string of the molecule is CCCC1SC(c2cc(OCCOCCOCCOC(F)(F)F)ccc2OC(F)(F)F)=NC1(C)C(=O)O. The average molecular weight is 564 g/mol. The first kappa shape index (κ1) is 31.0. The van der Waals surface area contributed by atoms with E-state index in [4.69, 9.17) is 14.2 Å². The number of carbonyl (C=O) groups is 1. The van der Waals surface area contributed by atoms with Crippen LogP contribution in [0, 0.1) is 0 Å². The van der Waals surface area contributed by atoms with E-state index in [1.165, 1.54) is 19.1 Å². The van der Waals surface area contributed by atoms with Crippen molar-refractivity contribution >= 4 is 22.8 Å². The van der Waals surface area contributed by atoms with E-state index in [9.17, 15) is 36.2 Å². The summed E-state index contributed by atoms with van der Waals surface area (Å²) in [5, 5.41) is 9.30. The maximum absolute atomic E-state index is 13.0. The zero-order valence-corrected chi connectivity index (χ0v) is 20.8. The molecule has 8 nitrogen and oxygen atoms in total. The molecule has 0 aromatic heterocycles. The molecule has 1 aromatic rings. The van der Waals surface area contributed by atoms with Crippen molar-refractivity contribution < 1.29 is 59.9 Å². The van der Waals surface area contributed by atoms with Crippen LogP contribution in [0.1, 0.15) is 32.3 Å². The molecule has 0 saturated heterocycles. The molecule has 2 atom stereocenters. The molecule has 0 radical (unpaired) electrons. The number of carboxylic acids is 1. The van der Waals surface area contributed by atoms with Gasteiger partial charge < -0.3 is 24.1 Å². The predicted molar refractivity (Wildman–Crippen MR) is 121 cm³/mol. The van der Waals surface area contributed by atoms with Crippen LogP contribution in [0.4, 0.5) is 26.3 Å². The topological polar surface area (TPSA) is 95.8 Å². The Labute approximate surface area is 213 Å². The lowest BCUT2D eigenvalue weighted by atomic mass is 9.95. The number of benzene rings is 1. The lowest BCUT2D eigenvalue weighted by Crippen LogP contribution is -2.40. The summed E-state index contributed by atoms with van der Waals surface area (Å²) >= 11 is 1.07. The van der Waals surface area contributed by atoms with Gasteiger partial charge in [-0.15, -0.1) is 26.3 Å². The van der Waals surface area contributed by atoms with E-state index >= 15 is 0 Å². The normalized spacial score (nSPS) is 20.1. The van der Waals surface area contributed by atoms with Crippen LogP contribution in [-0.2, 0) is 19.0 Å². The maximum Gasteiger partial charge on any atom is 0.573 e. The molecule has 1 N–H and O–H groups in total. The summed E-state index contributed by atoms with van der Waals surface area (Å²) in [6.07, 6.45) is -8.55. The Morgan fingerprint density at radius 2 is 1.65 bits per heavy atom. The number of alkyl halides is 6. The van der Waals surface area contributed by atoms with Gasteiger partial charge in [0.15, 0.2) is 5.54 Å². The van der Waals surface area contributed by atoms with E-state index in [2.05, 4.69) is 14.5 Å². The van der Waals surface area contributed by atoms with E-state index in [1.54, 1.807) is 0 Å². The summed E-state index contributed by atoms with van der Waals surface area (Å²) in [7, 11) is 0. The number of aliphatic imine (C=N–C) groups is 1. The van der Waals surface area contributed by atoms with Crippen molar-refractivity contribution in [2.75, 3.05) is 39.6 Å². The van der Waals surface area contributed by atoms with Gasteiger partial charge >= 0.3 is 18.7 Å². The first-order chi connectivity index (χ1) is 17.2. The standard InChI is InChI=1S/C22H27F6NO7S/c1-3-4-17-20(2,19(30)31)29-18(37-17)15-13-14(5-6-16(15)36-22(26,27)28)34-11-9-32-7-8-33-10-12-35-21(23,24)25/h5-6,13,17H,3-4,7-12H2,1-2H3,(H,30,31). The predicted octanol–water partition coefficient (Wildman–Crippen LogP) is 5.04. The van der Waals surface area contributed by atoms with Gasteiger partial charge in [-0.3, -0.25) is 9.73 Å². The smallest absolute Gasteiger partial charge is 0.491 e. The third kappa shape index (κ3) is 10.2. The van der Waals surface area contributed by atoms with Crippen LogP contribution >= 0.6 is 11.8 Å². The van der Waals surface area contributed by atoms with Crippen LogP contribution in [0.15, 0.2) is 23.2 Å². The third-order valence-electron chi connectivity index (χ3n) is 4.97. The molecule has 0 aliphatic carbocycles. The first-order valence-corrected chi connectivity index (χ1v) is 12.0. The van der Waals surface area contributed by atoms with Crippen LogP contribution in [0.3, 0.4) is 0 Å². The Bertz CT molecular complexity index is 928. The lowest BCUT2D eigenvalue weighted by Gasteiger charge is -2.22. The highest BCUT2D eigenvalue weighted by Crippen LogP contribution is 2.43. The number of hydrogen-bond donors (Lipinski definition) is 1. The molecule has 210 valence electrons. The van der Waals surface area contributed by atoms with Gasteiger partial charge in [-0.2, -0.15) is 0 Å². The van der Waals surface area contributed by atoms with E-state index in [1.807, 2.05) is 6.92 Å². The summed E-state index contributed by atoms with van der Waals surface area (Å²) in [4.78, 5) is 16.1. The molecule has 0 fully saturated rings. The van der Waals surface area contributed by atoms with Gasteiger partial charge in [0.05, 0.1) is 38.6 Å². The lowest BCUT2D eigenvalue weighted by molar-refractivity contribution is -0.327. The van der Waals surface area contributed by atoms with Gasteiger partial charge in [0, 0.05) is 5.25 Å². The van der Waals surface area contributed by atoms with Gasteiger partial charge in [-0.25, -0.2) is 4.79 Å². The summed E-state index contributed by atoms with van der Waals surface area (Å²) in [5.74, 6) is -1.56. The molecule has 1 aliphatic heterocycles. The largest absolute Gasteiger partial charge is 0.573 e. The molecule has 0 saturated carbocycles.